The van der Waals surface area contributed by atoms with Crippen molar-refractivity contribution in [1.82, 2.24) is 9.78 Å². The molecule has 0 saturated carbocycles. The van der Waals surface area contributed by atoms with E-state index in [2.05, 4.69) is 5.10 Å². The Bertz CT molecular complexity index is 427. The largest absolute Gasteiger partial charge is 0.301 e. The second kappa shape index (κ2) is 3.57. The van der Waals surface area contributed by atoms with Gasteiger partial charge < -0.3 is 4.79 Å². The molecule has 0 saturated heterocycles. The molecule has 88 valence electrons. The summed E-state index contributed by atoms with van der Waals surface area (Å²) in [5.74, 6) is -3.17. The summed E-state index contributed by atoms with van der Waals surface area (Å²) in [7, 11) is 0. The Morgan fingerprint density at radius 3 is 2.75 bits per heavy atom. The molecule has 0 fully saturated rings. The Morgan fingerprint density at radius 1 is 1.50 bits per heavy atom. The van der Waals surface area contributed by atoms with E-state index in [1.807, 2.05) is 0 Å². The van der Waals surface area contributed by atoms with Crippen molar-refractivity contribution in [3.63, 3.8) is 0 Å². The van der Waals surface area contributed by atoms with Gasteiger partial charge in [0.15, 0.2) is 0 Å². The zero-order chi connectivity index (χ0) is 11.9. The number of hydrogen-bond acceptors (Lipinski definition) is 2. The summed E-state index contributed by atoms with van der Waals surface area (Å²) in [6, 6.07) is 0. The van der Waals surface area contributed by atoms with Crippen molar-refractivity contribution < 1.29 is 22.4 Å². The average molecular weight is 236 g/mol. The predicted octanol–water partition coefficient (Wildman–Crippen LogP) is 2.06. The molecular formula is C9H8F4N2O. The monoisotopic (exact) mass is 236 g/mol. The lowest BCUT2D eigenvalue weighted by Gasteiger charge is -2.10. The van der Waals surface area contributed by atoms with Crippen LogP contribution in [-0.2, 0) is 23.7 Å². The number of alkyl halides is 4. The summed E-state index contributed by atoms with van der Waals surface area (Å²) < 4.78 is 52.5. The first-order chi connectivity index (χ1) is 7.47. The van der Waals surface area contributed by atoms with Gasteiger partial charge in [-0.3, -0.25) is 4.68 Å². The van der Waals surface area contributed by atoms with Gasteiger partial charge in [0.2, 0.25) is 0 Å². The lowest BCUT2D eigenvalue weighted by molar-refractivity contribution is -0.108. The molecule has 0 N–H and O–H groups in total. The summed E-state index contributed by atoms with van der Waals surface area (Å²) >= 11 is 0. The molecule has 3 nitrogen and oxygen atoms in total. The molecule has 1 heterocycles. The van der Waals surface area contributed by atoms with Crippen LogP contribution in [0.1, 0.15) is 29.8 Å². The van der Waals surface area contributed by atoms with Crippen LogP contribution in [-0.4, -0.2) is 16.1 Å². The first-order valence-corrected chi connectivity index (χ1v) is 4.67. The van der Waals surface area contributed by atoms with Crippen LogP contribution >= 0.6 is 0 Å². The van der Waals surface area contributed by atoms with Gasteiger partial charge in [0.1, 0.15) is 17.7 Å². The predicted molar refractivity (Wildman–Crippen MR) is 45.5 cm³/mol. The minimum atomic E-state index is -3.17. The summed E-state index contributed by atoms with van der Waals surface area (Å²) in [6.07, 6.45) is -3.16. The molecule has 0 amide bonds. The van der Waals surface area contributed by atoms with Crippen molar-refractivity contribution in [2.45, 2.75) is 31.7 Å². The quantitative estimate of drug-likeness (QED) is 0.594. The molecule has 0 aromatic carbocycles. The minimum absolute atomic E-state index is 0.109. The minimum Gasteiger partial charge on any atom is -0.301 e. The van der Waals surface area contributed by atoms with Crippen LogP contribution < -0.4 is 0 Å². The van der Waals surface area contributed by atoms with E-state index in [-0.39, 0.29) is 12.0 Å². The van der Waals surface area contributed by atoms with E-state index in [0.717, 1.165) is 0 Å². The number of nitrogens with zero attached hydrogens (tertiary/aromatic N) is 2. The van der Waals surface area contributed by atoms with E-state index in [0.29, 0.717) is 11.0 Å². The highest BCUT2D eigenvalue weighted by atomic mass is 19.3. The van der Waals surface area contributed by atoms with Crippen LogP contribution in [0.3, 0.4) is 0 Å². The number of carbonyl (C=O) groups is 1. The summed E-state index contributed by atoms with van der Waals surface area (Å²) in [5.41, 5.74) is -1.27. The topological polar surface area (TPSA) is 34.9 Å². The first kappa shape index (κ1) is 11.1. The number of aldehydes is 1. The number of fused-ring (bicyclic) bond motifs is 1. The van der Waals surface area contributed by atoms with Crippen molar-refractivity contribution in [2.75, 3.05) is 0 Å². The van der Waals surface area contributed by atoms with Crippen LogP contribution in [0, 0.1) is 0 Å². The molecule has 2 rings (SSSR count). The van der Waals surface area contributed by atoms with Crippen molar-refractivity contribution in [1.29, 1.82) is 0 Å². The van der Waals surface area contributed by atoms with Gasteiger partial charge in [0.05, 0.1) is 6.54 Å². The molecule has 1 aliphatic rings. The van der Waals surface area contributed by atoms with Crippen LogP contribution in [0.2, 0.25) is 0 Å². The molecular weight excluding hydrogens is 228 g/mol. The van der Waals surface area contributed by atoms with Crippen molar-refractivity contribution in [3.05, 3.63) is 17.0 Å². The molecule has 0 bridgehead atoms. The van der Waals surface area contributed by atoms with Crippen LogP contribution in [0.5, 0.6) is 0 Å². The average Bonchev–Trinajstić information content (AvgIpc) is 2.68. The zero-order valence-corrected chi connectivity index (χ0v) is 8.09. The Labute approximate surface area is 88.0 Å². The summed E-state index contributed by atoms with van der Waals surface area (Å²) in [6.45, 7) is -0.426. The standard InChI is InChI=1S/C9H8F4N2O/c10-8(11)6-5-1-2-9(12,13)7(5)15(14-6)3-4-16/h4,8H,1-3H2. The Morgan fingerprint density at radius 2 is 2.19 bits per heavy atom. The fraction of sp³-hybridized carbons (Fsp3) is 0.556. The maximum absolute atomic E-state index is 13.4. The lowest BCUT2D eigenvalue weighted by Crippen LogP contribution is -2.17. The van der Waals surface area contributed by atoms with Gasteiger partial charge in [-0.25, -0.2) is 8.78 Å². The third-order valence-corrected chi connectivity index (χ3v) is 2.57. The molecule has 0 aliphatic heterocycles. The van der Waals surface area contributed by atoms with Crippen LogP contribution in [0.25, 0.3) is 0 Å². The molecule has 1 aromatic heterocycles. The van der Waals surface area contributed by atoms with E-state index in [1.165, 1.54) is 0 Å². The van der Waals surface area contributed by atoms with Gasteiger partial charge in [0, 0.05) is 12.0 Å². The Kier molecular flexibility index (Phi) is 2.47. The number of hydrogen-bond donors (Lipinski definition) is 0. The van der Waals surface area contributed by atoms with Gasteiger partial charge >= 0.3 is 0 Å². The summed E-state index contributed by atoms with van der Waals surface area (Å²) in [4.78, 5) is 10.3. The highest BCUT2D eigenvalue weighted by molar-refractivity contribution is 5.50. The highest BCUT2D eigenvalue weighted by Gasteiger charge is 2.45. The molecule has 16 heavy (non-hydrogen) atoms. The van der Waals surface area contributed by atoms with Crippen LogP contribution in [0.15, 0.2) is 0 Å². The van der Waals surface area contributed by atoms with E-state index in [4.69, 9.17) is 0 Å². The maximum Gasteiger partial charge on any atom is 0.290 e. The zero-order valence-electron chi connectivity index (χ0n) is 8.09. The van der Waals surface area contributed by atoms with Crippen molar-refractivity contribution >= 4 is 6.29 Å². The van der Waals surface area contributed by atoms with Crippen molar-refractivity contribution in [3.8, 4) is 0 Å². The van der Waals surface area contributed by atoms with E-state index < -0.39 is 36.7 Å². The van der Waals surface area contributed by atoms with Gasteiger partial charge in [-0.1, -0.05) is 0 Å². The fourth-order valence-electron chi connectivity index (χ4n) is 1.95. The second-order valence-corrected chi connectivity index (χ2v) is 3.57. The smallest absolute Gasteiger partial charge is 0.290 e. The second-order valence-electron chi connectivity index (χ2n) is 3.57. The normalized spacial score (nSPS) is 17.8. The fourth-order valence-corrected chi connectivity index (χ4v) is 1.95. The third-order valence-electron chi connectivity index (χ3n) is 2.57. The number of rotatable bonds is 3. The molecule has 7 heteroatoms. The lowest BCUT2D eigenvalue weighted by atomic mass is 10.2. The van der Waals surface area contributed by atoms with E-state index in [9.17, 15) is 22.4 Å². The van der Waals surface area contributed by atoms with Gasteiger partial charge in [-0.2, -0.15) is 13.9 Å². The van der Waals surface area contributed by atoms with Gasteiger partial charge in [0.25, 0.3) is 12.3 Å². The van der Waals surface area contributed by atoms with Crippen LogP contribution in [0.4, 0.5) is 17.6 Å². The van der Waals surface area contributed by atoms with E-state index >= 15 is 0 Å². The number of carbonyl (C=O) groups excluding carboxylic acids is 1. The van der Waals surface area contributed by atoms with Crippen molar-refractivity contribution in [2.24, 2.45) is 0 Å². The first-order valence-electron chi connectivity index (χ1n) is 4.67. The molecule has 0 unspecified atom stereocenters. The SMILES string of the molecule is O=CCn1nc(C(F)F)c2c1C(F)(F)CC2. The molecule has 0 radical (unpaired) electrons. The Hall–Kier alpha value is -1.40. The maximum atomic E-state index is 13.4. The van der Waals surface area contributed by atoms with E-state index in [1.54, 1.807) is 0 Å². The molecule has 1 aromatic rings. The number of halogens is 4. The third kappa shape index (κ3) is 1.50. The highest BCUT2D eigenvalue weighted by Crippen LogP contribution is 2.44. The van der Waals surface area contributed by atoms with Gasteiger partial charge in [-0.05, 0) is 6.42 Å². The Balaban J connectivity index is 2.56. The molecule has 0 atom stereocenters. The number of aromatic nitrogens is 2. The summed E-state index contributed by atoms with van der Waals surface area (Å²) in [5, 5.41) is 3.37. The molecule has 0 spiro atoms. The molecule has 1 aliphatic carbocycles. The van der Waals surface area contributed by atoms with Gasteiger partial charge in [-0.15, -0.1) is 0 Å².